The molecule has 1 aliphatic rings. The van der Waals surface area contributed by atoms with Gasteiger partial charge in [-0.05, 0) is 37.5 Å². The molecule has 0 radical (unpaired) electrons. The van der Waals surface area contributed by atoms with Gasteiger partial charge in [-0.1, -0.05) is 17.7 Å². The highest BCUT2D eigenvalue weighted by Gasteiger charge is 2.47. The van der Waals surface area contributed by atoms with Gasteiger partial charge in [0.25, 0.3) is 0 Å². The van der Waals surface area contributed by atoms with Crippen molar-refractivity contribution in [3.05, 3.63) is 28.8 Å². The maximum atomic E-state index is 9.36. The summed E-state index contributed by atoms with van der Waals surface area (Å²) in [7, 11) is 0. The molecule has 0 bridgehead atoms. The molecular formula is C13H18ClNO2. The second-order valence-electron chi connectivity index (χ2n) is 4.62. The first-order valence-electron chi connectivity index (χ1n) is 5.91. The monoisotopic (exact) mass is 255 g/mol. The van der Waals surface area contributed by atoms with Crippen LogP contribution in [0, 0.1) is 5.41 Å². The van der Waals surface area contributed by atoms with Gasteiger partial charge in [0.15, 0.2) is 0 Å². The fourth-order valence-corrected chi connectivity index (χ4v) is 2.31. The standard InChI is InChI=1S/C13H18ClNO2/c1-2-17-11-4-3-9(7-10(11)14)12(15)13(8-16)5-6-13/h3-4,7,12,16H,2,5-6,8,15H2,1H3. The Kier molecular flexibility index (Phi) is 3.61. The Hall–Kier alpha value is -0.770. The molecule has 0 heterocycles. The zero-order valence-corrected chi connectivity index (χ0v) is 10.7. The highest BCUT2D eigenvalue weighted by Crippen LogP contribution is 2.53. The van der Waals surface area contributed by atoms with Crippen molar-refractivity contribution in [2.75, 3.05) is 13.2 Å². The molecule has 0 aliphatic heterocycles. The third-order valence-corrected chi connectivity index (χ3v) is 3.78. The SMILES string of the molecule is CCOc1ccc(C(N)C2(CO)CC2)cc1Cl. The quantitative estimate of drug-likeness (QED) is 0.850. The molecule has 3 nitrogen and oxygen atoms in total. The number of hydrogen-bond acceptors (Lipinski definition) is 3. The molecule has 17 heavy (non-hydrogen) atoms. The topological polar surface area (TPSA) is 55.5 Å². The molecule has 4 heteroatoms. The Morgan fingerprint density at radius 2 is 2.24 bits per heavy atom. The Balaban J connectivity index is 2.19. The first-order chi connectivity index (χ1) is 8.13. The second-order valence-corrected chi connectivity index (χ2v) is 5.03. The molecule has 1 saturated carbocycles. The lowest BCUT2D eigenvalue weighted by Gasteiger charge is -2.22. The predicted octanol–water partition coefficient (Wildman–Crippen LogP) is 2.51. The number of nitrogens with two attached hydrogens (primary N) is 1. The second kappa shape index (κ2) is 4.84. The van der Waals surface area contributed by atoms with Gasteiger partial charge in [-0.25, -0.2) is 0 Å². The van der Waals surface area contributed by atoms with E-state index in [-0.39, 0.29) is 18.1 Å². The molecular weight excluding hydrogens is 238 g/mol. The Bertz CT molecular complexity index is 404. The summed E-state index contributed by atoms with van der Waals surface area (Å²) in [6, 6.07) is 5.46. The zero-order valence-electron chi connectivity index (χ0n) is 9.95. The van der Waals surface area contributed by atoms with Crippen LogP contribution in [0.25, 0.3) is 0 Å². The van der Waals surface area contributed by atoms with Crippen LogP contribution in [0.15, 0.2) is 18.2 Å². The van der Waals surface area contributed by atoms with Crippen LogP contribution in [0.3, 0.4) is 0 Å². The van der Waals surface area contributed by atoms with E-state index in [1.807, 2.05) is 25.1 Å². The summed E-state index contributed by atoms with van der Waals surface area (Å²) in [5, 5.41) is 9.94. The van der Waals surface area contributed by atoms with Crippen LogP contribution >= 0.6 is 11.6 Å². The summed E-state index contributed by atoms with van der Waals surface area (Å²) >= 11 is 6.12. The normalized spacial score (nSPS) is 18.8. The number of hydrogen-bond donors (Lipinski definition) is 2. The van der Waals surface area contributed by atoms with Crippen molar-refractivity contribution in [1.29, 1.82) is 0 Å². The van der Waals surface area contributed by atoms with Gasteiger partial charge in [-0.2, -0.15) is 0 Å². The van der Waals surface area contributed by atoms with Crippen LogP contribution in [0.4, 0.5) is 0 Å². The van der Waals surface area contributed by atoms with Crippen LogP contribution in [0.5, 0.6) is 5.75 Å². The van der Waals surface area contributed by atoms with E-state index in [1.54, 1.807) is 0 Å². The van der Waals surface area contributed by atoms with Crippen molar-refractivity contribution in [3.63, 3.8) is 0 Å². The summed E-state index contributed by atoms with van der Waals surface area (Å²) in [5.74, 6) is 0.680. The third kappa shape index (κ3) is 2.41. The Morgan fingerprint density at radius 1 is 1.53 bits per heavy atom. The summed E-state index contributed by atoms with van der Waals surface area (Å²) < 4.78 is 5.38. The van der Waals surface area contributed by atoms with E-state index in [0.717, 1.165) is 18.4 Å². The first-order valence-corrected chi connectivity index (χ1v) is 6.29. The molecule has 0 amide bonds. The van der Waals surface area contributed by atoms with Gasteiger partial charge in [-0.15, -0.1) is 0 Å². The predicted molar refractivity (Wildman–Crippen MR) is 68.3 cm³/mol. The molecule has 0 spiro atoms. The maximum absolute atomic E-state index is 9.36. The maximum Gasteiger partial charge on any atom is 0.137 e. The van der Waals surface area contributed by atoms with Crippen LogP contribution in [-0.2, 0) is 0 Å². The lowest BCUT2D eigenvalue weighted by molar-refractivity contribution is 0.187. The minimum Gasteiger partial charge on any atom is -0.492 e. The summed E-state index contributed by atoms with van der Waals surface area (Å²) in [5.41, 5.74) is 7.01. The Morgan fingerprint density at radius 3 is 2.71 bits per heavy atom. The smallest absolute Gasteiger partial charge is 0.137 e. The molecule has 94 valence electrons. The van der Waals surface area contributed by atoms with Crippen molar-refractivity contribution >= 4 is 11.6 Å². The van der Waals surface area contributed by atoms with Gasteiger partial charge in [-0.3, -0.25) is 0 Å². The number of benzene rings is 1. The number of aliphatic hydroxyl groups is 1. The fraction of sp³-hybridized carbons (Fsp3) is 0.538. The summed E-state index contributed by atoms with van der Waals surface area (Å²) in [6.45, 7) is 2.64. The number of ether oxygens (including phenoxy) is 1. The number of halogens is 1. The Labute approximate surface area is 107 Å². The van der Waals surface area contributed by atoms with Crippen molar-refractivity contribution in [2.45, 2.75) is 25.8 Å². The van der Waals surface area contributed by atoms with Crippen LogP contribution in [0.2, 0.25) is 5.02 Å². The third-order valence-electron chi connectivity index (χ3n) is 3.48. The average Bonchev–Trinajstić information content (AvgIpc) is 3.12. The molecule has 2 rings (SSSR count). The van der Waals surface area contributed by atoms with Crippen molar-refractivity contribution in [3.8, 4) is 5.75 Å². The molecule has 0 aromatic heterocycles. The van der Waals surface area contributed by atoms with Crippen LogP contribution in [-0.4, -0.2) is 18.3 Å². The molecule has 1 fully saturated rings. The van der Waals surface area contributed by atoms with E-state index in [4.69, 9.17) is 22.1 Å². The highest BCUT2D eigenvalue weighted by molar-refractivity contribution is 6.32. The lowest BCUT2D eigenvalue weighted by atomic mass is 9.91. The fourth-order valence-electron chi connectivity index (χ4n) is 2.06. The zero-order chi connectivity index (χ0) is 12.5. The van der Waals surface area contributed by atoms with E-state index in [9.17, 15) is 5.11 Å². The van der Waals surface area contributed by atoms with Gasteiger partial charge in [0.05, 0.1) is 18.2 Å². The largest absolute Gasteiger partial charge is 0.492 e. The summed E-state index contributed by atoms with van der Waals surface area (Å²) in [4.78, 5) is 0. The number of rotatable bonds is 5. The van der Waals surface area contributed by atoms with E-state index in [0.29, 0.717) is 17.4 Å². The van der Waals surface area contributed by atoms with Crippen molar-refractivity contribution < 1.29 is 9.84 Å². The molecule has 3 N–H and O–H groups in total. The van der Waals surface area contributed by atoms with Gasteiger partial charge in [0.1, 0.15) is 5.75 Å². The average molecular weight is 256 g/mol. The van der Waals surface area contributed by atoms with E-state index >= 15 is 0 Å². The minimum atomic E-state index is -0.152. The van der Waals surface area contributed by atoms with Gasteiger partial charge in [0.2, 0.25) is 0 Å². The van der Waals surface area contributed by atoms with E-state index < -0.39 is 0 Å². The first kappa shape index (κ1) is 12.7. The molecule has 1 aromatic carbocycles. The minimum absolute atomic E-state index is 0.129. The van der Waals surface area contributed by atoms with Gasteiger partial charge >= 0.3 is 0 Å². The van der Waals surface area contributed by atoms with Crippen molar-refractivity contribution in [1.82, 2.24) is 0 Å². The molecule has 1 unspecified atom stereocenters. The molecule has 1 aliphatic carbocycles. The highest BCUT2D eigenvalue weighted by atomic mass is 35.5. The van der Waals surface area contributed by atoms with Gasteiger partial charge in [0, 0.05) is 11.5 Å². The summed E-state index contributed by atoms with van der Waals surface area (Å²) in [6.07, 6.45) is 1.96. The van der Waals surface area contributed by atoms with Crippen LogP contribution in [0.1, 0.15) is 31.4 Å². The van der Waals surface area contributed by atoms with Crippen molar-refractivity contribution in [2.24, 2.45) is 11.1 Å². The van der Waals surface area contributed by atoms with E-state index in [2.05, 4.69) is 0 Å². The van der Waals surface area contributed by atoms with Gasteiger partial charge < -0.3 is 15.6 Å². The molecule has 1 atom stereocenters. The molecule has 1 aromatic rings. The number of aliphatic hydroxyl groups excluding tert-OH is 1. The van der Waals surface area contributed by atoms with Crippen LogP contribution < -0.4 is 10.5 Å². The van der Waals surface area contributed by atoms with E-state index in [1.165, 1.54) is 0 Å². The lowest BCUT2D eigenvalue weighted by Crippen LogP contribution is -2.25. The molecule has 0 saturated heterocycles.